The molecule has 0 saturated heterocycles. The smallest absolute Gasteiger partial charge is 0.243 e. The van der Waals surface area contributed by atoms with Gasteiger partial charge in [0.1, 0.15) is 6.04 Å². The van der Waals surface area contributed by atoms with Crippen LogP contribution in [0.5, 0.6) is 0 Å². The van der Waals surface area contributed by atoms with Crippen molar-refractivity contribution in [2.75, 3.05) is 0 Å². The SMILES string of the molecule is O=C(N[C@H](Cc1cnc[nH]1)C(=O)NCc1ccoc1)C1CCCCC1. The van der Waals surface area contributed by atoms with Gasteiger partial charge in [-0.05, 0) is 18.9 Å². The lowest BCUT2D eigenvalue weighted by Gasteiger charge is -2.24. The molecule has 1 aliphatic carbocycles. The van der Waals surface area contributed by atoms with Gasteiger partial charge in [-0.1, -0.05) is 19.3 Å². The molecule has 0 bridgehead atoms. The molecule has 0 spiro atoms. The highest BCUT2D eigenvalue weighted by atomic mass is 16.3. The van der Waals surface area contributed by atoms with Crippen molar-refractivity contribution in [1.29, 1.82) is 0 Å². The molecule has 1 fully saturated rings. The Morgan fingerprint density at radius 2 is 2.16 bits per heavy atom. The number of H-pyrrole nitrogens is 1. The maximum atomic E-state index is 12.6. The number of rotatable bonds is 7. The maximum absolute atomic E-state index is 12.6. The molecule has 0 unspecified atom stereocenters. The van der Waals surface area contributed by atoms with Gasteiger partial charge in [0, 0.05) is 36.3 Å². The van der Waals surface area contributed by atoms with Crippen molar-refractivity contribution in [2.24, 2.45) is 5.92 Å². The molecule has 0 aromatic carbocycles. The minimum absolute atomic E-state index is 0.0136. The number of carbonyl (C=O) groups excluding carboxylic acids is 2. The Kier molecular flexibility index (Phi) is 5.87. The number of hydrogen-bond donors (Lipinski definition) is 3. The molecule has 2 amide bonds. The summed E-state index contributed by atoms with van der Waals surface area (Å²) < 4.78 is 5.00. The average molecular weight is 344 g/mol. The van der Waals surface area contributed by atoms with Crippen LogP contribution in [0.25, 0.3) is 0 Å². The van der Waals surface area contributed by atoms with Crippen molar-refractivity contribution in [1.82, 2.24) is 20.6 Å². The summed E-state index contributed by atoms with van der Waals surface area (Å²) in [4.78, 5) is 32.1. The second kappa shape index (κ2) is 8.50. The van der Waals surface area contributed by atoms with Crippen LogP contribution in [-0.4, -0.2) is 27.8 Å². The van der Waals surface area contributed by atoms with Gasteiger partial charge < -0.3 is 20.0 Å². The Morgan fingerprint density at radius 3 is 2.84 bits per heavy atom. The van der Waals surface area contributed by atoms with Crippen molar-refractivity contribution >= 4 is 11.8 Å². The van der Waals surface area contributed by atoms with Gasteiger partial charge in [-0.25, -0.2) is 4.98 Å². The predicted molar refractivity (Wildman–Crippen MR) is 91.4 cm³/mol. The van der Waals surface area contributed by atoms with Crippen LogP contribution < -0.4 is 10.6 Å². The molecule has 134 valence electrons. The summed E-state index contributed by atoms with van der Waals surface area (Å²) >= 11 is 0. The minimum atomic E-state index is -0.623. The molecule has 0 aliphatic heterocycles. The molecule has 1 atom stereocenters. The number of furan rings is 1. The van der Waals surface area contributed by atoms with Crippen LogP contribution in [0.1, 0.15) is 43.4 Å². The van der Waals surface area contributed by atoms with Crippen LogP contribution in [0, 0.1) is 5.92 Å². The number of aromatic amines is 1. The van der Waals surface area contributed by atoms with Gasteiger partial charge in [-0.3, -0.25) is 9.59 Å². The number of aromatic nitrogens is 2. The number of nitrogens with zero attached hydrogens (tertiary/aromatic N) is 1. The zero-order valence-electron chi connectivity index (χ0n) is 14.2. The van der Waals surface area contributed by atoms with E-state index in [-0.39, 0.29) is 17.7 Å². The number of carbonyl (C=O) groups is 2. The first-order chi connectivity index (χ1) is 12.2. The van der Waals surface area contributed by atoms with E-state index in [2.05, 4.69) is 20.6 Å². The van der Waals surface area contributed by atoms with E-state index < -0.39 is 6.04 Å². The Balaban J connectivity index is 1.61. The topological polar surface area (TPSA) is 100 Å². The quantitative estimate of drug-likeness (QED) is 0.714. The van der Waals surface area contributed by atoms with Gasteiger partial charge in [0.05, 0.1) is 18.9 Å². The molecular weight excluding hydrogens is 320 g/mol. The molecule has 7 nitrogen and oxygen atoms in total. The van der Waals surface area contributed by atoms with E-state index >= 15 is 0 Å². The van der Waals surface area contributed by atoms with Crippen LogP contribution in [0.4, 0.5) is 0 Å². The van der Waals surface area contributed by atoms with Crippen molar-refractivity contribution in [3.8, 4) is 0 Å². The van der Waals surface area contributed by atoms with Crippen LogP contribution in [-0.2, 0) is 22.6 Å². The Bertz CT molecular complexity index is 661. The average Bonchev–Trinajstić information content (AvgIpc) is 3.33. The van der Waals surface area contributed by atoms with E-state index in [0.29, 0.717) is 13.0 Å². The van der Waals surface area contributed by atoms with Crippen LogP contribution in [0.3, 0.4) is 0 Å². The molecular formula is C18H24N4O3. The summed E-state index contributed by atoms with van der Waals surface area (Å²) in [5.41, 5.74) is 1.69. The Morgan fingerprint density at radius 1 is 1.32 bits per heavy atom. The molecule has 2 aromatic heterocycles. The largest absolute Gasteiger partial charge is 0.472 e. The summed E-state index contributed by atoms with van der Waals surface area (Å²) in [7, 11) is 0. The first-order valence-electron chi connectivity index (χ1n) is 8.79. The molecule has 7 heteroatoms. The van der Waals surface area contributed by atoms with Crippen LogP contribution in [0.2, 0.25) is 0 Å². The van der Waals surface area contributed by atoms with E-state index in [1.54, 1.807) is 31.1 Å². The highest BCUT2D eigenvalue weighted by molar-refractivity contribution is 5.88. The molecule has 2 heterocycles. The fraction of sp³-hybridized carbons (Fsp3) is 0.500. The van der Waals surface area contributed by atoms with Crippen molar-refractivity contribution in [3.63, 3.8) is 0 Å². The standard InChI is InChI=1S/C18H24N4O3/c23-17(14-4-2-1-3-5-14)22-16(8-15-10-19-12-21-15)18(24)20-9-13-6-7-25-11-13/h6-7,10-12,14,16H,1-5,8-9H2,(H,19,21)(H,20,24)(H,22,23)/t16-/m1/s1. The lowest BCUT2D eigenvalue weighted by atomic mass is 9.88. The molecule has 1 aliphatic rings. The fourth-order valence-electron chi connectivity index (χ4n) is 3.19. The second-order valence-corrected chi connectivity index (χ2v) is 6.53. The van der Waals surface area contributed by atoms with Gasteiger partial charge in [0.2, 0.25) is 11.8 Å². The number of imidazole rings is 1. The zero-order chi connectivity index (χ0) is 17.5. The fourth-order valence-corrected chi connectivity index (χ4v) is 3.19. The molecule has 25 heavy (non-hydrogen) atoms. The minimum Gasteiger partial charge on any atom is -0.472 e. The third-order valence-electron chi connectivity index (χ3n) is 4.63. The monoisotopic (exact) mass is 344 g/mol. The normalized spacial score (nSPS) is 16.3. The van der Waals surface area contributed by atoms with Crippen molar-refractivity contribution in [3.05, 3.63) is 42.4 Å². The first kappa shape index (κ1) is 17.3. The lowest BCUT2D eigenvalue weighted by Crippen LogP contribution is -2.49. The predicted octanol–water partition coefficient (Wildman–Crippen LogP) is 1.93. The van der Waals surface area contributed by atoms with E-state index in [4.69, 9.17) is 4.42 Å². The molecule has 3 rings (SSSR count). The molecule has 2 aromatic rings. The molecule has 1 saturated carbocycles. The van der Waals surface area contributed by atoms with Crippen LogP contribution >= 0.6 is 0 Å². The second-order valence-electron chi connectivity index (χ2n) is 6.53. The van der Waals surface area contributed by atoms with Crippen molar-refractivity contribution in [2.45, 2.75) is 51.1 Å². The summed E-state index contributed by atoms with van der Waals surface area (Å²) in [6, 6.07) is 1.17. The van der Waals surface area contributed by atoms with Crippen molar-refractivity contribution < 1.29 is 14.0 Å². The number of amides is 2. The number of nitrogens with one attached hydrogen (secondary N) is 3. The van der Waals surface area contributed by atoms with E-state index in [0.717, 1.165) is 36.9 Å². The Hall–Kier alpha value is -2.57. The van der Waals surface area contributed by atoms with Gasteiger partial charge in [-0.15, -0.1) is 0 Å². The van der Waals surface area contributed by atoms with Crippen LogP contribution in [0.15, 0.2) is 35.5 Å². The third-order valence-corrected chi connectivity index (χ3v) is 4.63. The number of hydrogen-bond acceptors (Lipinski definition) is 4. The van der Waals surface area contributed by atoms with Gasteiger partial charge in [0.25, 0.3) is 0 Å². The van der Waals surface area contributed by atoms with E-state index in [1.165, 1.54) is 6.42 Å². The van der Waals surface area contributed by atoms with Gasteiger partial charge in [-0.2, -0.15) is 0 Å². The third kappa shape index (κ3) is 4.95. The maximum Gasteiger partial charge on any atom is 0.243 e. The first-order valence-corrected chi connectivity index (χ1v) is 8.79. The summed E-state index contributed by atoms with van der Waals surface area (Å²) in [5.74, 6) is -0.220. The molecule has 3 N–H and O–H groups in total. The zero-order valence-corrected chi connectivity index (χ0v) is 14.2. The lowest BCUT2D eigenvalue weighted by molar-refractivity contribution is -0.131. The summed E-state index contributed by atoms with van der Waals surface area (Å²) in [6.07, 6.45) is 11.9. The highest BCUT2D eigenvalue weighted by Gasteiger charge is 2.27. The summed E-state index contributed by atoms with van der Waals surface area (Å²) in [6.45, 7) is 0.369. The van der Waals surface area contributed by atoms with Gasteiger partial charge >= 0.3 is 0 Å². The molecule has 0 radical (unpaired) electrons. The van der Waals surface area contributed by atoms with Gasteiger partial charge in [0.15, 0.2) is 0 Å². The highest BCUT2D eigenvalue weighted by Crippen LogP contribution is 2.23. The van der Waals surface area contributed by atoms with E-state index in [9.17, 15) is 9.59 Å². The van der Waals surface area contributed by atoms with E-state index in [1.807, 2.05) is 0 Å². The Labute approximate surface area is 146 Å². The summed E-state index contributed by atoms with van der Waals surface area (Å²) in [5, 5.41) is 5.79.